The molecule has 134 valence electrons. The lowest BCUT2D eigenvalue weighted by molar-refractivity contribution is 0.187. The maximum Gasteiger partial charge on any atom is 0.411 e. The van der Waals surface area contributed by atoms with Gasteiger partial charge in [-0.2, -0.15) is 0 Å². The van der Waals surface area contributed by atoms with E-state index < -0.39 is 6.09 Å². The summed E-state index contributed by atoms with van der Waals surface area (Å²) >= 11 is 1.80. The molecule has 1 fully saturated rings. The number of hydrogen-bond donors (Lipinski definition) is 1. The maximum atomic E-state index is 11.3. The minimum Gasteiger partial charge on any atom is -0.489 e. The SMILES string of the molecule is COC(=O)Nc1ccc(OCc2ccc3nc(C4CC4)sc3c2)cc1C. The molecule has 1 amide bonds. The van der Waals surface area contributed by atoms with E-state index in [1.165, 1.54) is 29.7 Å². The highest BCUT2D eigenvalue weighted by atomic mass is 32.1. The van der Waals surface area contributed by atoms with Gasteiger partial charge in [-0.1, -0.05) is 6.07 Å². The van der Waals surface area contributed by atoms with E-state index in [9.17, 15) is 4.79 Å². The highest BCUT2D eigenvalue weighted by Gasteiger charge is 2.26. The van der Waals surface area contributed by atoms with Crippen LogP contribution in [0.5, 0.6) is 5.75 Å². The van der Waals surface area contributed by atoms with Crippen molar-refractivity contribution in [3.05, 3.63) is 52.5 Å². The largest absolute Gasteiger partial charge is 0.489 e. The lowest BCUT2D eigenvalue weighted by atomic mass is 10.2. The van der Waals surface area contributed by atoms with Crippen LogP contribution in [0, 0.1) is 6.92 Å². The Morgan fingerprint density at radius 2 is 2.12 bits per heavy atom. The number of ether oxygens (including phenoxy) is 2. The first-order valence-electron chi connectivity index (χ1n) is 8.60. The van der Waals surface area contributed by atoms with E-state index in [0.29, 0.717) is 18.2 Å². The fourth-order valence-corrected chi connectivity index (χ4v) is 3.98. The molecule has 0 spiro atoms. The van der Waals surface area contributed by atoms with Crippen LogP contribution in [0.2, 0.25) is 0 Å². The van der Waals surface area contributed by atoms with Gasteiger partial charge in [0.05, 0.1) is 22.3 Å². The predicted molar refractivity (Wildman–Crippen MR) is 103 cm³/mol. The molecule has 26 heavy (non-hydrogen) atoms. The Balaban J connectivity index is 1.44. The summed E-state index contributed by atoms with van der Waals surface area (Å²) in [7, 11) is 1.34. The molecule has 0 aliphatic heterocycles. The number of rotatable bonds is 5. The van der Waals surface area contributed by atoms with Gasteiger partial charge in [0.2, 0.25) is 0 Å². The Kier molecular flexibility index (Phi) is 4.51. The van der Waals surface area contributed by atoms with E-state index in [4.69, 9.17) is 9.72 Å². The minimum absolute atomic E-state index is 0.481. The van der Waals surface area contributed by atoms with Gasteiger partial charge < -0.3 is 9.47 Å². The molecule has 1 heterocycles. The van der Waals surface area contributed by atoms with Crippen LogP contribution in [0.4, 0.5) is 10.5 Å². The number of nitrogens with zero attached hydrogens (tertiary/aromatic N) is 1. The maximum absolute atomic E-state index is 11.3. The molecule has 3 aromatic rings. The summed E-state index contributed by atoms with van der Waals surface area (Å²) in [5.74, 6) is 1.45. The molecule has 6 heteroatoms. The second-order valence-electron chi connectivity index (χ2n) is 6.51. The number of hydrogen-bond acceptors (Lipinski definition) is 5. The molecule has 0 unspecified atom stereocenters. The summed E-state index contributed by atoms with van der Waals surface area (Å²) in [6.07, 6.45) is 2.07. The van der Waals surface area contributed by atoms with Crippen LogP contribution in [-0.4, -0.2) is 18.2 Å². The summed E-state index contributed by atoms with van der Waals surface area (Å²) in [5.41, 5.74) is 3.83. The molecule has 0 bridgehead atoms. The predicted octanol–water partition coefficient (Wildman–Crippen LogP) is 5.24. The van der Waals surface area contributed by atoms with Gasteiger partial charge in [-0.25, -0.2) is 9.78 Å². The van der Waals surface area contributed by atoms with Gasteiger partial charge in [0, 0.05) is 11.6 Å². The summed E-state index contributed by atoms with van der Waals surface area (Å²) < 4.78 is 11.8. The van der Waals surface area contributed by atoms with Crippen molar-refractivity contribution in [2.45, 2.75) is 32.3 Å². The zero-order valence-corrected chi connectivity index (χ0v) is 15.6. The zero-order valence-electron chi connectivity index (χ0n) is 14.7. The number of aryl methyl sites for hydroxylation is 1. The van der Waals surface area contributed by atoms with Gasteiger partial charge in [-0.15, -0.1) is 11.3 Å². The summed E-state index contributed by atoms with van der Waals surface area (Å²) in [4.78, 5) is 16.0. The molecule has 0 saturated heterocycles. The van der Waals surface area contributed by atoms with Gasteiger partial charge in [-0.05, 0) is 61.2 Å². The molecule has 1 saturated carbocycles. The van der Waals surface area contributed by atoms with Crippen molar-refractivity contribution >= 4 is 33.3 Å². The fourth-order valence-electron chi connectivity index (χ4n) is 2.78. The Morgan fingerprint density at radius 1 is 1.27 bits per heavy atom. The van der Waals surface area contributed by atoms with E-state index in [-0.39, 0.29) is 0 Å². The van der Waals surface area contributed by atoms with Gasteiger partial charge in [-0.3, -0.25) is 5.32 Å². The number of methoxy groups -OCH3 is 1. The van der Waals surface area contributed by atoms with Gasteiger partial charge in [0.1, 0.15) is 12.4 Å². The van der Waals surface area contributed by atoms with Crippen LogP contribution in [0.1, 0.15) is 34.9 Å². The van der Waals surface area contributed by atoms with Crippen molar-refractivity contribution in [1.82, 2.24) is 4.98 Å². The molecule has 0 radical (unpaired) electrons. The molecule has 1 aliphatic carbocycles. The number of aromatic nitrogens is 1. The van der Waals surface area contributed by atoms with Crippen LogP contribution in [0.15, 0.2) is 36.4 Å². The van der Waals surface area contributed by atoms with E-state index in [1.807, 2.05) is 25.1 Å². The molecule has 2 aromatic carbocycles. The monoisotopic (exact) mass is 368 g/mol. The van der Waals surface area contributed by atoms with Crippen LogP contribution in [-0.2, 0) is 11.3 Å². The van der Waals surface area contributed by atoms with Crippen molar-refractivity contribution in [3.8, 4) is 5.75 Å². The quantitative estimate of drug-likeness (QED) is 0.669. The zero-order chi connectivity index (χ0) is 18.1. The van der Waals surface area contributed by atoms with Crippen molar-refractivity contribution < 1.29 is 14.3 Å². The standard InChI is InChI=1S/C20H20N2O3S/c1-12-9-15(6-8-16(12)22-20(23)24-2)25-11-13-3-7-17-18(10-13)26-19(21-17)14-4-5-14/h3,6-10,14H,4-5,11H2,1-2H3,(H,22,23). The van der Waals surface area contributed by atoms with Crippen molar-refractivity contribution in [3.63, 3.8) is 0 Å². The average Bonchev–Trinajstić information content (AvgIpc) is 3.41. The number of thiazole rings is 1. The molecular weight excluding hydrogens is 348 g/mol. The minimum atomic E-state index is -0.481. The molecular formula is C20H20N2O3S. The topological polar surface area (TPSA) is 60.5 Å². The fraction of sp³-hybridized carbons (Fsp3) is 0.300. The Labute approximate surface area is 156 Å². The first kappa shape index (κ1) is 16.8. The van der Waals surface area contributed by atoms with E-state index >= 15 is 0 Å². The molecule has 4 rings (SSSR count). The highest BCUT2D eigenvalue weighted by molar-refractivity contribution is 7.18. The number of anilines is 1. The molecule has 1 aromatic heterocycles. The lowest BCUT2D eigenvalue weighted by Crippen LogP contribution is -2.11. The van der Waals surface area contributed by atoms with Crippen LogP contribution in [0.25, 0.3) is 10.2 Å². The summed E-state index contributed by atoms with van der Waals surface area (Å²) in [5, 5.41) is 3.94. The Morgan fingerprint density at radius 3 is 2.85 bits per heavy atom. The van der Waals surface area contributed by atoms with Crippen molar-refractivity contribution in [2.24, 2.45) is 0 Å². The average molecular weight is 368 g/mol. The molecule has 0 atom stereocenters. The number of amides is 1. The van der Waals surface area contributed by atoms with E-state index in [2.05, 4.69) is 28.3 Å². The van der Waals surface area contributed by atoms with Crippen LogP contribution >= 0.6 is 11.3 Å². The van der Waals surface area contributed by atoms with Gasteiger partial charge >= 0.3 is 6.09 Å². The Bertz CT molecular complexity index is 963. The normalized spacial score (nSPS) is 13.6. The number of carbonyl (C=O) groups is 1. The second kappa shape index (κ2) is 6.96. The van der Waals surface area contributed by atoms with Crippen molar-refractivity contribution in [1.29, 1.82) is 0 Å². The van der Waals surface area contributed by atoms with Gasteiger partial charge in [0.25, 0.3) is 0 Å². The number of nitrogens with one attached hydrogen (secondary N) is 1. The molecule has 1 N–H and O–H groups in total. The van der Waals surface area contributed by atoms with E-state index in [0.717, 1.165) is 22.4 Å². The van der Waals surface area contributed by atoms with Crippen LogP contribution in [0.3, 0.4) is 0 Å². The smallest absolute Gasteiger partial charge is 0.411 e. The lowest BCUT2D eigenvalue weighted by Gasteiger charge is -2.11. The van der Waals surface area contributed by atoms with Crippen LogP contribution < -0.4 is 10.1 Å². The van der Waals surface area contributed by atoms with E-state index in [1.54, 1.807) is 11.3 Å². The van der Waals surface area contributed by atoms with Gasteiger partial charge in [0.15, 0.2) is 0 Å². The third-order valence-electron chi connectivity index (χ3n) is 4.42. The second-order valence-corrected chi connectivity index (χ2v) is 7.57. The number of carbonyl (C=O) groups excluding carboxylic acids is 1. The summed E-state index contributed by atoms with van der Waals surface area (Å²) in [6.45, 7) is 2.41. The molecule has 1 aliphatic rings. The Hall–Kier alpha value is -2.60. The number of fused-ring (bicyclic) bond motifs is 1. The summed E-state index contributed by atoms with van der Waals surface area (Å²) in [6, 6.07) is 11.9. The highest BCUT2D eigenvalue weighted by Crippen LogP contribution is 2.43. The first-order chi connectivity index (χ1) is 12.6. The third kappa shape index (κ3) is 3.65. The third-order valence-corrected chi connectivity index (χ3v) is 5.60. The molecule has 5 nitrogen and oxygen atoms in total. The van der Waals surface area contributed by atoms with Crippen molar-refractivity contribution in [2.75, 3.05) is 12.4 Å². The first-order valence-corrected chi connectivity index (χ1v) is 9.42. The number of benzene rings is 2.